The molecule has 0 aromatic heterocycles. The van der Waals surface area contributed by atoms with Gasteiger partial charge in [-0.25, -0.2) is 4.79 Å². The number of hydrogen-bond acceptors (Lipinski definition) is 8. The maximum atomic E-state index is 12.6. The van der Waals surface area contributed by atoms with Gasteiger partial charge in [-0.2, -0.15) is 11.8 Å². The fraction of sp³-hybridized carbons (Fsp3) is 0.706. The van der Waals surface area contributed by atoms with E-state index >= 15 is 0 Å². The summed E-state index contributed by atoms with van der Waals surface area (Å²) in [6.07, 6.45) is 2.99. The van der Waals surface area contributed by atoms with Gasteiger partial charge in [0.15, 0.2) is 0 Å². The van der Waals surface area contributed by atoms with Crippen molar-refractivity contribution in [1.82, 2.24) is 21.3 Å². The second-order valence-corrected chi connectivity index (χ2v) is 7.79. The lowest BCUT2D eigenvalue weighted by atomic mass is 10.1. The zero-order valence-electron chi connectivity index (χ0n) is 16.7. The number of carboxylic acid groups (broad SMARTS) is 1. The highest BCUT2D eigenvalue weighted by atomic mass is 32.2. The predicted octanol–water partition coefficient (Wildman–Crippen LogP) is -3.10. The summed E-state index contributed by atoms with van der Waals surface area (Å²) >= 11 is 1.47. The predicted molar refractivity (Wildman–Crippen MR) is 108 cm³/mol. The molecule has 1 rings (SSSR count). The minimum absolute atomic E-state index is 0.296. The molecule has 4 amide bonds. The molecule has 4 unspecified atom stereocenters. The van der Waals surface area contributed by atoms with Crippen LogP contribution in [-0.4, -0.2) is 89.1 Å². The third-order valence-electron chi connectivity index (χ3n) is 4.46. The molecule has 0 aromatic rings. The first-order valence-corrected chi connectivity index (χ1v) is 10.8. The van der Waals surface area contributed by atoms with Gasteiger partial charge < -0.3 is 37.2 Å². The summed E-state index contributed by atoms with van der Waals surface area (Å²) in [6, 6.07) is -4.39. The van der Waals surface area contributed by atoms with Crippen LogP contribution in [0.3, 0.4) is 0 Å². The van der Waals surface area contributed by atoms with Crippen LogP contribution in [0.2, 0.25) is 0 Å². The standard InChI is InChI=1S/C17H29N5O7S/c1-30-6-4-10(20-14(25)9-3-2-5-19-9)15(26)22-12(8-23)16(27)21-11(17(28)29)7-13(18)24/h9-12,19,23H,2-8H2,1H3,(H2,18,24)(H,20,25)(H,21,27)(H,22,26)(H,28,29). The molecule has 1 heterocycles. The second-order valence-electron chi connectivity index (χ2n) is 6.81. The minimum atomic E-state index is -1.60. The molecule has 0 radical (unpaired) electrons. The molecule has 1 aliphatic heterocycles. The Kier molecular flexibility index (Phi) is 11.1. The van der Waals surface area contributed by atoms with Crippen molar-refractivity contribution >= 4 is 41.4 Å². The molecule has 0 aromatic carbocycles. The van der Waals surface area contributed by atoms with E-state index in [-0.39, 0.29) is 5.91 Å². The summed E-state index contributed by atoms with van der Waals surface area (Å²) in [5, 5.41) is 28.6. The van der Waals surface area contributed by atoms with Crippen LogP contribution in [0.4, 0.5) is 0 Å². The smallest absolute Gasteiger partial charge is 0.326 e. The zero-order valence-corrected chi connectivity index (χ0v) is 17.5. The molecule has 4 atom stereocenters. The number of thioether (sulfide) groups is 1. The van der Waals surface area contributed by atoms with E-state index in [1.165, 1.54) is 11.8 Å². The number of nitrogens with one attached hydrogen (secondary N) is 4. The lowest BCUT2D eigenvalue weighted by molar-refractivity contribution is -0.144. The number of carbonyl (C=O) groups excluding carboxylic acids is 4. The summed E-state index contributed by atoms with van der Waals surface area (Å²) < 4.78 is 0. The van der Waals surface area contributed by atoms with E-state index in [4.69, 9.17) is 10.8 Å². The van der Waals surface area contributed by atoms with Crippen molar-refractivity contribution < 1.29 is 34.2 Å². The molecular weight excluding hydrogens is 418 g/mol. The molecular formula is C17H29N5O7S. The van der Waals surface area contributed by atoms with Gasteiger partial charge in [0.05, 0.1) is 19.1 Å². The summed E-state index contributed by atoms with van der Waals surface area (Å²) in [5.41, 5.74) is 4.96. The average Bonchev–Trinajstić information content (AvgIpc) is 3.22. The van der Waals surface area contributed by atoms with E-state index in [2.05, 4.69) is 21.3 Å². The van der Waals surface area contributed by atoms with Crippen LogP contribution in [0.1, 0.15) is 25.7 Å². The largest absolute Gasteiger partial charge is 0.480 e. The van der Waals surface area contributed by atoms with Gasteiger partial charge in [0.2, 0.25) is 23.6 Å². The maximum Gasteiger partial charge on any atom is 0.326 e. The van der Waals surface area contributed by atoms with Gasteiger partial charge in [0.25, 0.3) is 0 Å². The van der Waals surface area contributed by atoms with Crippen molar-refractivity contribution in [1.29, 1.82) is 0 Å². The number of carboxylic acids is 1. The Balaban J connectivity index is 2.76. The Morgan fingerprint density at radius 2 is 1.73 bits per heavy atom. The van der Waals surface area contributed by atoms with Crippen LogP contribution in [0.15, 0.2) is 0 Å². The van der Waals surface area contributed by atoms with Crippen molar-refractivity contribution in [3.63, 3.8) is 0 Å². The molecule has 0 saturated carbocycles. The normalized spacial score (nSPS) is 18.7. The Labute approximate surface area is 178 Å². The van der Waals surface area contributed by atoms with Crippen LogP contribution in [0, 0.1) is 0 Å². The van der Waals surface area contributed by atoms with Crippen molar-refractivity contribution in [2.24, 2.45) is 5.73 Å². The first-order valence-electron chi connectivity index (χ1n) is 9.45. The number of primary amides is 1. The molecule has 1 saturated heterocycles. The quantitative estimate of drug-likeness (QED) is 0.153. The highest BCUT2D eigenvalue weighted by Crippen LogP contribution is 2.07. The molecule has 13 heteroatoms. The monoisotopic (exact) mass is 447 g/mol. The molecule has 8 N–H and O–H groups in total. The number of hydrogen-bond donors (Lipinski definition) is 7. The highest BCUT2D eigenvalue weighted by Gasteiger charge is 2.31. The van der Waals surface area contributed by atoms with E-state index in [0.29, 0.717) is 25.1 Å². The van der Waals surface area contributed by atoms with Gasteiger partial charge in [-0.1, -0.05) is 0 Å². The summed E-state index contributed by atoms with van der Waals surface area (Å²) in [7, 11) is 0. The molecule has 170 valence electrons. The van der Waals surface area contributed by atoms with E-state index in [9.17, 15) is 29.1 Å². The van der Waals surface area contributed by atoms with Crippen LogP contribution in [-0.2, 0) is 24.0 Å². The maximum absolute atomic E-state index is 12.6. The molecule has 1 aliphatic rings. The lowest BCUT2D eigenvalue weighted by Crippen LogP contribution is -2.58. The first-order chi connectivity index (χ1) is 14.2. The van der Waals surface area contributed by atoms with Gasteiger partial charge in [0, 0.05) is 0 Å². The third-order valence-corrected chi connectivity index (χ3v) is 5.10. The Morgan fingerprint density at radius 1 is 1.10 bits per heavy atom. The molecule has 30 heavy (non-hydrogen) atoms. The van der Waals surface area contributed by atoms with Gasteiger partial charge in [-0.05, 0) is 37.8 Å². The molecule has 12 nitrogen and oxygen atoms in total. The number of aliphatic hydroxyl groups excluding tert-OH is 1. The molecule has 0 aliphatic carbocycles. The van der Waals surface area contributed by atoms with Crippen molar-refractivity contribution in [3.05, 3.63) is 0 Å². The van der Waals surface area contributed by atoms with E-state index < -0.39 is 60.9 Å². The SMILES string of the molecule is CSCCC(NC(=O)C1CCCN1)C(=O)NC(CO)C(=O)NC(CC(N)=O)C(=O)O. The first kappa shape index (κ1) is 25.7. The number of amides is 4. The molecule has 0 bridgehead atoms. The van der Waals surface area contributed by atoms with Crippen molar-refractivity contribution in [2.75, 3.05) is 25.2 Å². The number of nitrogens with two attached hydrogens (primary N) is 1. The van der Waals surface area contributed by atoms with Crippen LogP contribution in [0.5, 0.6) is 0 Å². The number of rotatable bonds is 13. The van der Waals surface area contributed by atoms with E-state index in [0.717, 1.165) is 6.42 Å². The van der Waals surface area contributed by atoms with Crippen LogP contribution >= 0.6 is 11.8 Å². The van der Waals surface area contributed by atoms with Crippen LogP contribution < -0.4 is 27.0 Å². The third kappa shape index (κ3) is 8.55. The number of carbonyl (C=O) groups is 5. The van der Waals surface area contributed by atoms with Gasteiger partial charge in [-0.15, -0.1) is 0 Å². The lowest BCUT2D eigenvalue weighted by Gasteiger charge is -2.24. The molecule has 1 fully saturated rings. The summed E-state index contributed by atoms with van der Waals surface area (Å²) in [4.78, 5) is 59.3. The van der Waals surface area contributed by atoms with Crippen LogP contribution in [0.25, 0.3) is 0 Å². The summed E-state index contributed by atoms with van der Waals surface area (Å²) in [5.74, 6) is -3.87. The van der Waals surface area contributed by atoms with Crippen molar-refractivity contribution in [3.8, 4) is 0 Å². The Bertz CT molecular complexity index is 642. The van der Waals surface area contributed by atoms with E-state index in [1.54, 1.807) is 0 Å². The Hall–Kier alpha value is -2.38. The topological polar surface area (TPSA) is 200 Å². The van der Waals surface area contributed by atoms with Gasteiger partial charge in [-0.3, -0.25) is 19.2 Å². The minimum Gasteiger partial charge on any atom is -0.480 e. The zero-order chi connectivity index (χ0) is 22.7. The average molecular weight is 448 g/mol. The van der Waals surface area contributed by atoms with Gasteiger partial charge >= 0.3 is 5.97 Å². The van der Waals surface area contributed by atoms with E-state index in [1.807, 2.05) is 6.26 Å². The van der Waals surface area contributed by atoms with Crippen molar-refractivity contribution in [2.45, 2.75) is 49.9 Å². The number of aliphatic carboxylic acids is 1. The summed E-state index contributed by atoms with van der Waals surface area (Å²) in [6.45, 7) is -0.101. The highest BCUT2D eigenvalue weighted by molar-refractivity contribution is 7.98. The van der Waals surface area contributed by atoms with Gasteiger partial charge in [0.1, 0.15) is 18.1 Å². The molecule has 0 spiro atoms. The fourth-order valence-corrected chi connectivity index (χ4v) is 3.30. The Morgan fingerprint density at radius 3 is 2.23 bits per heavy atom. The second kappa shape index (κ2) is 13.0. The fourth-order valence-electron chi connectivity index (χ4n) is 2.83. The number of aliphatic hydroxyl groups is 1.